The first-order valence-corrected chi connectivity index (χ1v) is 7.10. The van der Waals surface area contributed by atoms with E-state index in [1.165, 1.54) is 39.1 Å². The zero-order valence-electron chi connectivity index (χ0n) is 12.6. The van der Waals surface area contributed by atoms with Crippen molar-refractivity contribution >= 4 is 17.6 Å². The maximum Gasteiger partial charge on any atom is 0.431 e. The molecule has 0 amide bonds. The Morgan fingerprint density at radius 2 is 1.96 bits per heavy atom. The van der Waals surface area contributed by atoms with E-state index in [9.17, 15) is 23.1 Å². The Bertz CT molecular complexity index is 750. The van der Waals surface area contributed by atoms with Crippen LogP contribution < -0.4 is 0 Å². The summed E-state index contributed by atoms with van der Waals surface area (Å²) in [4.78, 5) is 15.6. The van der Waals surface area contributed by atoms with E-state index < -0.39 is 29.6 Å². The summed E-state index contributed by atoms with van der Waals surface area (Å²) in [6, 6.07) is 2.18. The zero-order valence-corrected chi connectivity index (χ0v) is 13.3. The summed E-state index contributed by atoms with van der Waals surface area (Å²) >= 11 is 5.74. The van der Waals surface area contributed by atoms with E-state index in [1.807, 2.05) is 0 Å². The first-order chi connectivity index (χ1) is 10.6. The van der Waals surface area contributed by atoms with Gasteiger partial charge in [0.2, 0.25) is 0 Å². The van der Waals surface area contributed by atoms with Crippen molar-refractivity contribution in [2.24, 2.45) is 0 Å². The van der Waals surface area contributed by atoms with Crippen LogP contribution in [0.25, 0.3) is 11.3 Å². The van der Waals surface area contributed by atoms with Crippen molar-refractivity contribution in [1.82, 2.24) is 9.55 Å². The largest absolute Gasteiger partial charge is 0.477 e. The molecule has 2 rings (SSSR count). The Kier molecular flexibility index (Phi) is 4.43. The van der Waals surface area contributed by atoms with Crippen LogP contribution in [0.1, 0.15) is 41.6 Å². The van der Waals surface area contributed by atoms with Gasteiger partial charge in [0, 0.05) is 17.8 Å². The van der Waals surface area contributed by atoms with Gasteiger partial charge in [-0.3, -0.25) is 4.98 Å². The van der Waals surface area contributed by atoms with Crippen molar-refractivity contribution in [2.45, 2.75) is 33.0 Å². The summed E-state index contributed by atoms with van der Waals surface area (Å²) < 4.78 is 41.1. The molecule has 4 nitrogen and oxygen atoms in total. The second-order valence-electron chi connectivity index (χ2n) is 5.33. The highest BCUT2D eigenvalue weighted by Gasteiger charge is 2.41. The number of alkyl halides is 3. The zero-order chi connectivity index (χ0) is 17.5. The molecule has 0 aliphatic carbocycles. The third-order valence-electron chi connectivity index (χ3n) is 3.42. The van der Waals surface area contributed by atoms with Gasteiger partial charge in [0.05, 0.1) is 10.7 Å². The fraction of sp³-hybridized carbons (Fsp3) is 0.333. The number of pyridine rings is 1. The van der Waals surface area contributed by atoms with Crippen molar-refractivity contribution in [3.8, 4) is 11.3 Å². The number of hydrogen-bond acceptors (Lipinski definition) is 2. The van der Waals surface area contributed by atoms with Crippen LogP contribution in [0.5, 0.6) is 0 Å². The Labute approximate surface area is 135 Å². The molecule has 0 bridgehead atoms. The average molecular weight is 347 g/mol. The second-order valence-corrected chi connectivity index (χ2v) is 5.76. The van der Waals surface area contributed by atoms with Crippen LogP contribution >= 0.6 is 11.6 Å². The van der Waals surface area contributed by atoms with Crippen LogP contribution in [-0.2, 0) is 6.18 Å². The number of nitrogens with zero attached hydrogens (tertiary/aromatic N) is 2. The minimum Gasteiger partial charge on any atom is -0.477 e. The number of carboxylic acids is 1. The molecule has 0 aliphatic heterocycles. The van der Waals surface area contributed by atoms with Gasteiger partial charge in [-0.25, -0.2) is 4.79 Å². The quantitative estimate of drug-likeness (QED) is 0.867. The van der Waals surface area contributed by atoms with Gasteiger partial charge < -0.3 is 9.67 Å². The first-order valence-electron chi connectivity index (χ1n) is 6.72. The van der Waals surface area contributed by atoms with E-state index in [-0.39, 0.29) is 16.8 Å². The molecule has 2 heterocycles. The molecule has 2 aromatic rings. The molecular formula is C15H14ClF3N2O2. The summed E-state index contributed by atoms with van der Waals surface area (Å²) in [7, 11) is 0. The van der Waals surface area contributed by atoms with Gasteiger partial charge >= 0.3 is 12.1 Å². The van der Waals surface area contributed by atoms with E-state index in [0.717, 1.165) is 4.57 Å². The highest BCUT2D eigenvalue weighted by molar-refractivity contribution is 6.30. The van der Waals surface area contributed by atoms with Gasteiger partial charge in [-0.15, -0.1) is 0 Å². The van der Waals surface area contributed by atoms with Crippen LogP contribution in [0.15, 0.2) is 18.3 Å². The van der Waals surface area contributed by atoms with Crippen LogP contribution in [0, 0.1) is 6.92 Å². The topological polar surface area (TPSA) is 55.1 Å². The van der Waals surface area contributed by atoms with Gasteiger partial charge in [-0.1, -0.05) is 11.6 Å². The summed E-state index contributed by atoms with van der Waals surface area (Å²) in [6.45, 7) is 4.25. The number of halogens is 4. The van der Waals surface area contributed by atoms with Crippen molar-refractivity contribution in [2.75, 3.05) is 0 Å². The van der Waals surface area contributed by atoms with Gasteiger partial charge in [-0.05, 0) is 38.5 Å². The van der Waals surface area contributed by atoms with E-state index in [0.29, 0.717) is 5.02 Å². The molecule has 2 aromatic heterocycles. The lowest BCUT2D eigenvalue weighted by Gasteiger charge is -2.17. The third kappa shape index (κ3) is 3.06. The Morgan fingerprint density at radius 3 is 2.35 bits per heavy atom. The van der Waals surface area contributed by atoms with Crippen LogP contribution in [-0.4, -0.2) is 20.6 Å². The number of aromatic nitrogens is 2. The minimum atomic E-state index is -4.68. The maximum atomic E-state index is 13.5. The number of carboxylic acid groups (broad SMARTS) is 1. The van der Waals surface area contributed by atoms with Crippen LogP contribution in [0.4, 0.5) is 13.2 Å². The molecule has 0 atom stereocenters. The normalized spacial score (nSPS) is 12.0. The van der Waals surface area contributed by atoms with Gasteiger partial charge in [0.25, 0.3) is 0 Å². The predicted molar refractivity (Wildman–Crippen MR) is 79.8 cm³/mol. The van der Waals surface area contributed by atoms with E-state index in [2.05, 4.69) is 4.98 Å². The first kappa shape index (κ1) is 17.3. The number of carbonyl (C=O) groups is 1. The van der Waals surface area contributed by atoms with Crippen LogP contribution in [0.2, 0.25) is 5.02 Å². The van der Waals surface area contributed by atoms with Crippen LogP contribution in [0.3, 0.4) is 0 Å². The molecule has 0 radical (unpaired) electrons. The standard InChI is InChI=1S/C15H14ClF3N2O2/c1-7(2)21-12(14(22)23)11(8(3)13(21)15(17,18)19)10-5-4-9(16)6-20-10/h4-7H,1-3H3,(H,22,23). The molecule has 1 N–H and O–H groups in total. The van der Waals surface area contributed by atoms with Crippen molar-refractivity contribution in [3.63, 3.8) is 0 Å². The molecule has 0 saturated carbocycles. The number of aromatic carboxylic acids is 1. The van der Waals surface area contributed by atoms with Gasteiger partial charge in [0.1, 0.15) is 11.4 Å². The monoisotopic (exact) mass is 346 g/mol. The highest BCUT2D eigenvalue weighted by Crippen LogP contribution is 2.42. The van der Waals surface area contributed by atoms with Gasteiger partial charge in [-0.2, -0.15) is 13.2 Å². The Hall–Kier alpha value is -2.02. The lowest BCUT2D eigenvalue weighted by molar-refractivity contribution is -0.144. The summed E-state index contributed by atoms with van der Waals surface area (Å²) in [5, 5.41) is 9.78. The molecule has 0 unspecified atom stereocenters. The molecule has 0 aromatic carbocycles. The molecule has 0 fully saturated rings. The maximum absolute atomic E-state index is 13.5. The molecule has 8 heteroatoms. The molecule has 124 valence electrons. The smallest absolute Gasteiger partial charge is 0.431 e. The van der Waals surface area contributed by atoms with E-state index in [1.54, 1.807) is 0 Å². The van der Waals surface area contributed by atoms with Gasteiger partial charge in [0.15, 0.2) is 0 Å². The lowest BCUT2D eigenvalue weighted by atomic mass is 10.1. The molecular weight excluding hydrogens is 333 g/mol. The molecule has 23 heavy (non-hydrogen) atoms. The molecule has 0 aliphatic rings. The minimum absolute atomic E-state index is 0.0461. The van der Waals surface area contributed by atoms with Crippen molar-refractivity contribution in [3.05, 3.63) is 40.3 Å². The Balaban J connectivity index is 2.91. The van der Waals surface area contributed by atoms with Crippen molar-refractivity contribution < 1.29 is 23.1 Å². The Morgan fingerprint density at radius 1 is 1.35 bits per heavy atom. The summed E-state index contributed by atoms with van der Waals surface area (Å²) in [5.41, 5.74) is -1.49. The summed E-state index contributed by atoms with van der Waals surface area (Å²) in [5.74, 6) is -1.44. The second kappa shape index (κ2) is 5.88. The fourth-order valence-corrected chi connectivity index (χ4v) is 2.73. The lowest BCUT2D eigenvalue weighted by Crippen LogP contribution is -2.19. The molecule has 0 spiro atoms. The predicted octanol–water partition coefficient (Wildman–Crippen LogP) is 4.81. The fourth-order valence-electron chi connectivity index (χ4n) is 2.62. The number of hydrogen-bond donors (Lipinski definition) is 1. The number of rotatable bonds is 3. The molecule has 0 saturated heterocycles. The highest BCUT2D eigenvalue weighted by atomic mass is 35.5. The average Bonchev–Trinajstić information content (AvgIpc) is 2.73. The SMILES string of the molecule is Cc1c(-c2ccc(Cl)cn2)c(C(=O)O)n(C(C)C)c1C(F)(F)F. The third-order valence-corrected chi connectivity index (χ3v) is 3.64. The summed E-state index contributed by atoms with van der Waals surface area (Å²) in [6.07, 6.45) is -3.41. The van der Waals surface area contributed by atoms with E-state index in [4.69, 9.17) is 11.6 Å². The van der Waals surface area contributed by atoms with Crippen molar-refractivity contribution in [1.29, 1.82) is 0 Å². The van der Waals surface area contributed by atoms with E-state index >= 15 is 0 Å².